The molecule has 0 bridgehead atoms. The molecule has 0 saturated heterocycles. The first-order valence-electron chi connectivity index (χ1n) is 5.04. The van der Waals surface area contributed by atoms with Crippen molar-refractivity contribution in [2.45, 2.75) is 20.3 Å². The zero-order valence-electron chi connectivity index (χ0n) is 9.13. The number of nitrogens with two attached hydrogens (primary N) is 1. The largest absolute Gasteiger partial charge is 0.399 e. The van der Waals surface area contributed by atoms with E-state index in [0.29, 0.717) is 12.2 Å². The highest BCUT2D eigenvalue weighted by Crippen LogP contribution is 2.17. The summed E-state index contributed by atoms with van der Waals surface area (Å²) in [7, 11) is 0. The number of hydrogen-bond donors (Lipinski definition) is 3. The topological polar surface area (TPSA) is 67.2 Å². The van der Waals surface area contributed by atoms with Crippen molar-refractivity contribution in [1.29, 1.82) is 0 Å². The van der Waals surface area contributed by atoms with Crippen LogP contribution in [0.3, 0.4) is 0 Å². The Labute approximate surface area is 89.9 Å². The molecule has 0 saturated carbocycles. The van der Waals surface area contributed by atoms with E-state index in [1.165, 1.54) is 0 Å². The van der Waals surface area contributed by atoms with Crippen LogP contribution >= 0.6 is 0 Å². The second-order valence-corrected chi connectivity index (χ2v) is 3.46. The van der Waals surface area contributed by atoms with Crippen molar-refractivity contribution in [3.63, 3.8) is 0 Å². The standard InChI is InChI=1S/C11H17N3O/c1-3-6-13-11(15)14-10-7-9(12)5-4-8(10)2/h4-5,7H,3,6,12H2,1-2H3,(H2,13,14,15). The van der Waals surface area contributed by atoms with Crippen molar-refractivity contribution in [3.05, 3.63) is 23.8 Å². The monoisotopic (exact) mass is 207 g/mol. The molecule has 0 unspecified atom stereocenters. The van der Waals surface area contributed by atoms with Gasteiger partial charge in [0.25, 0.3) is 0 Å². The predicted octanol–water partition coefficient (Wildman–Crippen LogP) is 2.11. The zero-order valence-corrected chi connectivity index (χ0v) is 9.13. The lowest BCUT2D eigenvalue weighted by Crippen LogP contribution is -2.29. The van der Waals surface area contributed by atoms with Crippen LogP contribution < -0.4 is 16.4 Å². The molecule has 0 radical (unpaired) electrons. The van der Waals surface area contributed by atoms with E-state index in [2.05, 4.69) is 10.6 Å². The molecule has 0 aliphatic heterocycles. The van der Waals surface area contributed by atoms with Gasteiger partial charge in [0.2, 0.25) is 0 Å². The van der Waals surface area contributed by atoms with E-state index < -0.39 is 0 Å². The van der Waals surface area contributed by atoms with Crippen LogP contribution in [0.5, 0.6) is 0 Å². The first-order valence-corrected chi connectivity index (χ1v) is 5.04. The Hall–Kier alpha value is -1.71. The van der Waals surface area contributed by atoms with Crippen molar-refractivity contribution >= 4 is 17.4 Å². The third-order valence-corrected chi connectivity index (χ3v) is 2.05. The number of amides is 2. The van der Waals surface area contributed by atoms with Crippen molar-refractivity contribution in [1.82, 2.24) is 5.32 Å². The third kappa shape index (κ3) is 3.50. The van der Waals surface area contributed by atoms with Gasteiger partial charge >= 0.3 is 6.03 Å². The first-order chi connectivity index (χ1) is 7.13. The number of anilines is 2. The molecule has 4 N–H and O–H groups in total. The zero-order chi connectivity index (χ0) is 11.3. The van der Waals surface area contributed by atoms with Crippen molar-refractivity contribution in [2.24, 2.45) is 0 Å². The molecule has 1 aromatic rings. The fourth-order valence-corrected chi connectivity index (χ4v) is 1.18. The average molecular weight is 207 g/mol. The Morgan fingerprint density at radius 3 is 2.87 bits per heavy atom. The lowest BCUT2D eigenvalue weighted by Gasteiger charge is -2.09. The fraction of sp³-hybridized carbons (Fsp3) is 0.364. The van der Waals surface area contributed by atoms with E-state index >= 15 is 0 Å². The number of nitrogen functional groups attached to an aromatic ring is 1. The normalized spacial score (nSPS) is 9.73. The summed E-state index contributed by atoms with van der Waals surface area (Å²) in [6.07, 6.45) is 0.920. The quantitative estimate of drug-likeness (QED) is 0.664. The van der Waals surface area contributed by atoms with Crippen LogP contribution in [-0.2, 0) is 0 Å². The maximum absolute atomic E-state index is 11.4. The molecule has 0 aliphatic rings. The second-order valence-electron chi connectivity index (χ2n) is 3.46. The van der Waals surface area contributed by atoms with E-state index in [1.807, 2.05) is 26.0 Å². The minimum absolute atomic E-state index is 0.189. The van der Waals surface area contributed by atoms with Gasteiger partial charge < -0.3 is 16.4 Å². The summed E-state index contributed by atoms with van der Waals surface area (Å²) in [4.78, 5) is 11.4. The molecule has 0 spiro atoms. The Morgan fingerprint density at radius 1 is 1.47 bits per heavy atom. The summed E-state index contributed by atoms with van der Waals surface area (Å²) >= 11 is 0. The molecule has 1 aromatic carbocycles. The molecule has 4 nitrogen and oxygen atoms in total. The van der Waals surface area contributed by atoms with Crippen LogP contribution in [0.15, 0.2) is 18.2 Å². The molecular formula is C11H17N3O. The van der Waals surface area contributed by atoms with Crippen LogP contribution in [-0.4, -0.2) is 12.6 Å². The van der Waals surface area contributed by atoms with Crippen LogP contribution in [0.2, 0.25) is 0 Å². The maximum Gasteiger partial charge on any atom is 0.319 e. The van der Waals surface area contributed by atoms with E-state index in [4.69, 9.17) is 5.73 Å². The number of carbonyl (C=O) groups excluding carboxylic acids is 1. The van der Waals surface area contributed by atoms with Gasteiger partial charge in [-0.25, -0.2) is 4.79 Å². The minimum atomic E-state index is -0.189. The van der Waals surface area contributed by atoms with Gasteiger partial charge in [0, 0.05) is 17.9 Å². The van der Waals surface area contributed by atoms with Crippen LogP contribution in [0.4, 0.5) is 16.2 Å². The maximum atomic E-state index is 11.4. The summed E-state index contributed by atoms with van der Waals surface area (Å²) in [6, 6.07) is 5.25. The summed E-state index contributed by atoms with van der Waals surface area (Å²) in [6.45, 7) is 4.61. The molecule has 1 rings (SSSR count). The first kappa shape index (κ1) is 11.4. The second kappa shape index (κ2) is 5.24. The Balaban J connectivity index is 2.63. The molecule has 0 aromatic heterocycles. The molecule has 0 atom stereocenters. The highest BCUT2D eigenvalue weighted by molar-refractivity contribution is 5.90. The summed E-state index contributed by atoms with van der Waals surface area (Å²) in [5, 5.41) is 5.49. The van der Waals surface area contributed by atoms with E-state index in [9.17, 15) is 4.79 Å². The van der Waals surface area contributed by atoms with Gasteiger partial charge in [-0.2, -0.15) is 0 Å². The van der Waals surface area contributed by atoms with Crippen LogP contribution in [0.1, 0.15) is 18.9 Å². The Kier molecular flexibility index (Phi) is 3.97. The van der Waals surface area contributed by atoms with E-state index in [0.717, 1.165) is 17.7 Å². The van der Waals surface area contributed by atoms with Gasteiger partial charge in [0.05, 0.1) is 0 Å². The van der Waals surface area contributed by atoms with Gasteiger partial charge in [-0.1, -0.05) is 13.0 Å². The predicted molar refractivity (Wildman–Crippen MR) is 62.9 cm³/mol. The van der Waals surface area contributed by atoms with Crippen LogP contribution in [0, 0.1) is 6.92 Å². The number of hydrogen-bond acceptors (Lipinski definition) is 2. The number of nitrogens with one attached hydrogen (secondary N) is 2. The van der Waals surface area contributed by atoms with E-state index in [-0.39, 0.29) is 6.03 Å². The molecular weight excluding hydrogens is 190 g/mol. The molecule has 4 heteroatoms. The summed E-state index contributed by atoms with van der Waals surface area (Å²) in [5.74, 6) is 0. The summed E-state index contributed by atoms with van der Waals surface area (Å²) < 4.78 is 0. The number of benzene rings is 1. The fourth-order valence-electron chi connectivity index (χ4n) is 1.18. The van der Waals surface area contributed by atoms with Crippen LogP contribution in [0.25, 0.3) is 0 Å². The number of urea groups is 1. The highest BCUT2D eigenvalue weighted by atomic mass is 16.2. The van der Waals surface area contributed by atoms with Gasteiger partial charge in [0.1, 0.15) is 0 Å². The lowest BCUT2D eigenvalue weighted by atomic mass is 10.2. The van der Waals surface area contributed by atoms with Crippen molar-refractivity contribution in [3.8, 4) is 0 Å². The lowest BCUT2D eigenvalue weighted by molar-refractivity contribution is 0.252. The van der Waals surface area contributed by atoms with Gasteiger partial charge in [-0.15, -0.1) is 0 Å². The van der Waals surface area contributed by atoms with Crippen molar-refractivity contribution < 1.29 is 4.79 Å². The number of aryl methyl sites for hydroxylation is 1. The number of carbonyl (C=O) groups is 1. The van der Waals surface area contributed by atoms with Gasteiger partial charge in [-0.05, 0) is 31.0 Å². The van der Waals surface area contributed by atoms with Gasteiger partial charge in [0.15, 0.2) is 0 Å². The molecule has 82 valence electrons. The molecule has 15 heavy (non-hydrogen) atoms. The smallest absolute Gasteiger partial charge is 0.319 e. The number of rotatable bonds is 3. The van der Waals surface area contributed by atoms with E-state index in [1.54, 1.807) is 6.07 Å². The minimum Gasteiger partial charge on any atom is -0.399 e. The van der Waals surface area contributed by atoms with Crippen molar-refractivity contribution in [2.75, 3.05) is 17.6 Å². The summed E-state index contributed by atoms with van der Waals surface area (Å²) in [5.41, 5.74) is 8.03. The average Bonchev–Trinajstić information content (AvgIpc) is 2.20. The molecule has 0 heterocycles. The van der Waals surface area contributed by atoms with Gasteiger partial charge in [-0.3, -0.25) is 0 Å². The molecule has 2 amide bonds. The Bertz CT molecular complexity index is 350. The molecule has 0 aliphatic carbocycles. The molecule has 0 fully saturated rings. The SMILES string of the molecule is CCCNC(=O)Nc1cc(N)ccc1C. The highest BCUT2D eigenvalue weighted by Gasteiger charge is 2.03. The Morgan fingerprint density at radius 2 is 2.20 bits per heavy atom. The third-order valence-electron chi connectivity index (χ3n) is 2.05.